The van der Waals surface area contributed by atoms with Gasteiger partial charge >= 0.3 is 0 Å². The summed E-state index contributed by atoms with van der Waals surface area (Å²) in [5, 5.41) is 23.4. The van der Waals surface area contributed by atoms with Gasteiger partial charge in [-0.2, -0.15) is 0 Å². The normalized spacial score (nSPS) is 11.9. The number of benzene rings is 2. The molecule has 0 bridgehead atoms. The number of halogens is 1. The van der Waals surface area contributed by atoms with Gasteiger partial charge in [0, 0.05) is 34.8 Å². The summed E-state index contributed by atoms with van der Waals surface area (Å²) < 4.78 is 12.3. The van der Waals surface area contributed by atoms with Crippen LogP contribution in [0.15, 0.2) is 40.9 Å². The van der Waals surface area contributed by atoms with Crippen LogP contribution in [-0.2, 0) is 13.2 Å². The fourth-order valence-corrected chi connectivity index (χ4v) is 2.97. The number of nitro benzene ring substituents is 1. The molecule has 1 unspecified atom stereocenters. The van der Waals surface area contributed by atoms with Crippen molar-refractivity contribution in [2.75, 3.05) is 13.7 Å². The molecule has 2 rings (SSSR count). The SMILES string of the molecule is CCC(CO)NCc1c(Br)ccc(OC)c1OCc1ccc([N+](=O)[O-])cc1. The summed E-state index contributed by atoms with van der Waals surface area (Å²) in [5.74, 6) is 1.18. The standard InChI is InChI=1S/C19H23BrN2O5/c1-3-14(11-23)21-10-16-17(20)8-9-18(26-2)19(16)27-12-13-4-6-15(7-5-13)22(24)25/h4-9,14,21,23H,3,10-12H2,1-2H3. The Labute approximate surface area is 166 Å². The molecule has 2 aromatic carbocycles. The highest BCUT2D eigenvalue weighted by Crippen LogP contribution is 2.37. The van der Waals surface area contributed by atoms with E-state index in [2.05, 4.69) is 21.2 Å². The Hall–Kier alpha value is -2.16. The molecule has 0 amide bonds. The molecule has 0 spiro atoms. The van der Waals surface area contributed by atoms with Gasteiger partial charge in [-0.15, -0.1) is 0 Å². The molecule has 0 aliphatic rings. The van der Waals surface area contributed by atoms with Gasteiger partial charge in [0.2, 0.25) is 0 Å². The van der Waals surface area contributed by atoms with Crippen molar-refractivity contribution >= 4 is 21.6 Å². The van der Waals surface area contributed by atoms with E-state index in [0.717, 1.165) is 22.0 Å². The molecule has 27 heavy (non-hydrogen) atoms. The van der Waals surface area contributed by atoms with Crippen LogP contribution in [0.4, 0.5) is 5.69 Å². The molecule has 2 aromatic rings. The van der Waals surface area contributed by atoms with E-state index in [1.165, 1.54) is 12.1 Å². The molecule has 8 heteroatoms. The van der Waals surface area contributed by atoms with E-state index < -0.39 is 4.92 Å². The number of hydrogen-bond donors (Lipinski definition) is 2. The van der Waals surface area contributed by atoms with Crippen molar-refractivity contribution in [2.45, 2.75) is 32.5 Å². The smallest absolute Gasteiger partial charge is 0.269 e. The maximum absolute atomic E-state index is 10.8. The van der Waals surface area contributed by atoms with Gasteiger partial charge in [0.25, 0.3) is 5.69 Å². The summed E-state index contributed by atoms with van der Waals surface area (Å²) in [6, 6.07) is 9.92. The number of aliphatic hydroxyl groups excluding tert-OH is 1. The molecule has 0 radical (unpaired) electrons. The highest BCUT2D eigenvalue weighted by atomic mass is 79.9. The summed E-state index contributed by atoms with van der Waals surface area (Å²) in [4.78, 5) is 10.3. The van der Waals surface area contributed by atoms with Crippen LogP contribution in [0.25, 0.3) is 0 Å². The van der Waals surface area contributed by atoms with Crippen molar-refractivity contribution in [3.63, 3.8) is 0 Å². The minimum atomic E-state index is -0.433. The summed E-state index contributed by atoms with van der Waals surface area (Å²) in [6.07, 6.45) is 0.803. The van der Waals surface area contributed by atoms with Crippen molar-refractivity contribution in [1.82, 2.24) is 5.32 Å². The number of methoxy groups -OCH3 is 1. The van der Waals surface area contributed by atoms with E-state index >= 15 is 0 Å². The molecule has 146 valence electrons. The van der Waals surface area contributed by atoms with Crippen molar-refractivity contribution in [3.8, 4) is 11.5 Å². The largest absolute Gasteiger partial charge is 0.493 e. The van der Waals surface area contributed by atoms with Gasteiger partial charge in [-0.05, 0) is 36.2 Å². The van der Waals surface area contributed by atoms with E-state index in [9.17, 15) is 15.2 Å². The third-order valence-corrected chi connectivity index (χ3v) is 4.94. The Bertz CT molecular complexity index is 763. The van der Waals surface area contributed by atoms with Gasteiger partial charge in [-0.1, -0.05) is 22.9 Å². The van der Waals surface area contributed by atoms with E-state index in [0.29, 0.717) is 18.0 Å². The molecule has 0 aliphatic heterocycles. The second-order valence-electron chi connectivity index (χ2n) is 5.94. The van der Waals surface area contributed by atoms with Crippen LogP contribution >= 0.6 is 15.9 Å². The lowest BCUT2D eigenvalue weighted by Crippen LogP contribution is -2.31. The number of nitro groups is 1. The zero-order chi connectivity index (χ0) is 19.8. The maximum atomic E-state index is 10.8. The Morgan fingerprint density at radius 2 is 1.96 bits per heavy atom. The van der Waals surface area contributed by atoms with Gasteiger partial charge in [0.1, 0.15) is 6.61 Å². The summed E-state index contributed by atoms with van der Waals surface area (Å²) in [6.45, 7) is 2.79. The Balaban J connectivity index is 2.20. The third-order valence-electron chi connectivity index (χ3n) is 4.20. The average molecular weight is 439 g/mol. The quantitative estimate of drug-likeness (QED) is 0.432. The zero-order valence-electron chi connectivity index (χ0n) is 15.3. The third kappa shape index (κ3) is 5.66. The van der Waals surface area contributed by atoms with E-state index in [1.54, 1.807) is 19.2 Å². The van der Waals surface area contributed by atoms with Gasteiger partial charge in [0.05, 0.1) is 18.6 Å². The van der Waals surface area contributed by atoms with E-state index in [-0.39, 0.29) is 24.9 Å². The monoisotopic (exact) mass is 438 g/mol. The molecule has 2 N–H and O–H groups in total. The lowest BCUT2D eigenvalue weighted by molar-refractivity contribution is -0.384. The molecule has 0 heterocycles. The number of aliphatic hydroxyl groups is 1. The van der Waals surface area contributed by atoms with E-state index in [4.69, 9.17) is 9.47 Å². The van der Waals surface area contributed by atoms with Gasteiger partial charge < -0.3 is 19.9 Å². The average Bonchev–Trinajstić information content (AvgIpc) is 2.68. The van der Waals surface area contributed by atoms with E-state index in [1.807, 2.05) is 19.1 Å². The lowest BCUT2D eigenvalue weighted by atomic mass is 10.1. The van der Waals surface area contributed by atoms with Crippen LogP contribution in [0.1, 0.15) is 24.5 Å². The number of non-ortho nitro benzene ring substituents is 1. The van der Waals surface area contributed by atoms with Crippen molar-refractivity contribution in [1.29, 1.82) is 0 Å². The minimum Gasteiger partial charge on any atom is -0.493 e. The van der Waals surface area contributed by atoms with Crippen molar-refractivity contribution in [2.24, 2.45) is 0 Å². The van der Waals surface area contributed by atoms with Crippen molar-refractivity contribution in [3.05, 3.63) is 62.1 Å². The van der Waals surface area contributed by atoms with Crippen LogP contribution in [0.3, 0.4) is 0 Å². The minimum absolute atomic E-state index is 0.00868. The first kappa shape index (κ1) is 21.1. The van der Waals surface area contributed by atoms with Gasteiger partial charge in [0.15, 0.2) is 11.5 Å². The number of ether oxygens (including phenoxy) is 2. The topological polar surface area (TPSA) is 93.9 Å². The molecule has 7 nitrogen and oxygen atoms in total. The first-order valence-corrected chi connectivity index (χ1v) is 9.35. The predicted molar refractivity (Wildman–Crippen MR) is 106 cm³/mol. The lowest BCUT2D eigenvalue weighted by Gasteiger charge is -2.19. The molecule has 0 fully saturated rings. The molecule has 0 aromatic heterocycles. The molecule has 0 aliphatic carbocycles. The van der Waals surface area contributed by atoms with Crippen LogP contribution in [-0.4, -0.2) is 29.8 Å². The highest BCUT2D eigenvalue weighted by Gasteiger charge is 2.16. The predicted octanol–water partition coefficient (Wildman–Crippen LogP) is 3.81. The molecular weight excluding hydrogens is 416 g/mol. The molecule has 0 saturated carbocycles. The molecule has 1 atom stereocenters. The second-order valence-corrected chi connectivity index (χ2v) is 6.79. The zero-order valence-corrected chi connectivity index (χ0v) is 16.9. The van der Waals surface area contributed by atoms with Gasteiger partial charge in [-0.3, -0.25) is 10.1 Å². The summed E-state index contributed by atoms with van der Waals surface area (Å²) in [5.41, 5.74) is 1.73. The summed E-state index contributed by atoms with van der Waals surface area (Å²) in [7, 11) is 1.57. The molecular formula is C19H23BrN2O5. The highest BCUT2D eigenvalue weighted by molar-refractivity contribution is 9.10. The van der Waals surface area contributed by atoms with Crippen LogP contribution in [0.2, 0.25) is 0 Å². The Kier molecular flexibility index (Phi) is 8.02. The number of rotatable bonds is 10. The first-order valence-electron chi connectivity index (χ1n) is 8.55. The molecule has 0 saturated heterocycles. The van der Waals surface area contributed by atoms with Crippen LogP contribution in [0.5, 0.6) is 11.5 Å². The number of hydrogen-bond acceptors (Lipinski definition) is 6. The Morgan fingerprint density at radius 3 is 2.52 bits per heavy atom. The fourth-order valence-electron chi connectivity index (χ4n) is 2.52. The van der Waals surface area contributed by atoms with Crippen LogP contribution < -0.4 is 14.8 Å². The fraction of sp³-hybridized carbons (Fsp3) is 0.368. The van der Waals surface area contributed by atoms with Crippen molar-refractivity contribution < 1.29 is 19.5 Å². The number of nitrogens with one attached hydrogen (secondary N) is 1. The van der Waals surface area contributed by atoms with Crippen LogP contribution in [0, 0.1) is 10.1 Å². The maximum Gasteiger partial charge on any atom is 0.269 e. The Morgan fingerprint density at radius 1 is 1.26 bits per heavy atom. The summed E-state index contributed by atoms with van der Waals surface area (Å²) >= 11 is 3.54. The second kappa shape index (κ2) is 10.2. The van der Waals surface area contributed by atoms with Gasteiger partial charge in [-0.25, -0.2) is 0 Å². The number of nitrogens with zero attached hydrogens (tertiary/aromatic N) is 1. The first-order chi connectivity index (χ1) is 13.0.